The first-order chi connectivity index (χ1) is 11.2. The summed E-state index contributed by atoms with van der Waals surface area (Å²) in [5.41, 5.74) is 5.95. The number of primary amides is 1. The maximum Gasteiger partial charge on any atom is 0.241 e. The van der Waals surface area contributed by atoms with Gasteiger partial charge in [0.15, 0.2) is 11.5 Å². The van der Waals surface area contributed by atoms with Gasteiger partial charge in [0.2, 0.25) is 5.91 Å². The summed E-state index contributed by atoms with van der Waals surface area (Å²) in [5, 5.41) is 0. The van der Waals surface area contributed by atoms with Crippen molar-refractivity contribution >= 4 is 12.0 Å². The van der Waals surface area contributed by atoms with Crippen molar-refractivity contribution in [3.05, 3.63) is 29.8 Å². The first kappa shape index (κ1) is 17.3. The molecule has 1 amide bonds. The number of methoxy groups -OCH3 is 1. The van der Waals surface area contributed by atoms with Gasteiger partial charge in [-0.25, -0.2) is 0 Å². The van der Waals surface area contributed by atoms with Crippen molar-refractivity contribution in [3.63, 3.8) is 0 Å². The molecule has 0 aliphatic carbocycles. The second-order valence-electron chi connectivity index (χ2n) is 5.72. The van der Waals surface area contributed by atoms with Crippen LogP contribution in [0.5, 0.6) is 11.5 Å². The molecule has 2 N–H and O–H groups in total. The Labute approximate surface area is 138 Å². The van der Waals surface area contributed by atoms with Crippen LogP contribution in [-0.4, -0.2) is 44.2 Å². The van der Waals surface area contributed by atoms with E-state index < -0.39 is 5.91 Å². The lowest BCUT2D eigenvalue weighted by atomic mass is 10.1. The van der Waals surface area contributed by atoms with E-state index in [2.05, 4.69) is 4.90 Å². The fourth-order valence-electron chi connectivity index (χ4n) is 2.80. The van der Waals surface area contributed by atoms with Crippen LogP contribution in [0.1, 0.15) is 31.2 Å². The Balaban J connectivity index is 1.92. The Kier molecular flexibility index (Phi) is 6.94. The topological polar surface area (TPSA) is 64.8 Å². The standard InChI is InChI=1S/C18H26N2O3/c1-22-16-8-5-7-15(9-10-17(19)21)18(16)23-14-6-13-20-11-3-2-4-12-20/h5,7-10H,2-4,6,11-14H2,1H3,(H2,19,21)/b10-9-. The van der Waals surface area contributed by atoms with Crippen molar-refractivity contribution in [3.8, 4) is 11.5 Å². The van der Waals surface area contributed by atoms with Crippen LogP contribution in [0.3, 0.4) is 0 Å². The van der Waals surface area contributed by atoms with Gasteiger partial charge in [0.1, 0.15) is 0 Å². The zero-order chi connectivity index (χ0) is 16.5. The number of ether oxygens (including phenoxy) is 2. The highest BCUT2D eigenvalue weighted by Gasteiger charge is 2.11. The van der Waals surface area contributed by atoms with Crippen molar-refractivity contribution in [2.75, 3.05) is 33.4 Å². The maximum absolute atomic E-state index is 10.9. The molecule has 1 heterocycles. The molecule has 0 atom stereocenters. The van der Waals surface area contributed by atoms with Crippen molar-refractivity contribution < 1.29 is 14.3 Å². The smallest absolute Gasteiger partial charge is 0.241 e. The van der Waals surface area contributed by atoms with Crippen LogP contribution in [0.4, 0.5) is 0 Å². The normalized spacial score (nSPS) is 15.7. The monoisotopic (exact) mass is 318 g/mol. The van der Waals surface area contributed by atoms with Gasteiger partial charge in [-0.1, -0.05) is 18.6 Å². The van der Waals surface area contributed by atoms with Crippen LogP contribution < -0.4 is 15.2 Å². The molecule has 0 radical (unpaired) electrons. The zero-order valence-corrected chi connectivity index (χ0v) is 13.8. The molecule has 0 aromatic heterocycles. The predicted octanol–water partition coefficient (Wildman–Crippen LogP) is 2.45. The first-order valence-electron chi connectivity index (χ1n) is 8.20. The number of likely N-dealkylation sites (tertiary alicyclic amines) is 1. The summed E-state index contributed by atoms with van der Waals surface area (Å²) in [5.74, 6) is 0.838. The minimum atomic E-state index is -0.483. The Bertz CT molecular complexity index is 537. The van der Waals surface area contributed by atoms with Gasteiger partial charge in [0, 0.05) is 18.2 Å². The van der Waals surface area contributed by atoms with E-state index in [4.69, 9.17) is 15.2 Å². The highest BCUT2D eigenvalue weighted by atomic mass is 16.5. The molecule has 1 saturated heterocycles. The molecule has 1 aliphatic heterocycles. The van der Waals surface area contributed by atoms with Crippen LogP contribution in [0, 0.1) is 0 Å². The Morgan fingerprint density at radius 3 is 2.78 bits per heavy atom. The number of carbonyl (C=O) groups excluding carboxylic acids is 1. The zero-order valence-electron chi connectivity index (χ0n) is 13.8. The molecule has 0 bridgehead atoms. The first-order valence-corrected chi connectivity index (χ1v) is 8.20. The molecule has 126 valence electrons. The number of nitrogens with zero attached hydrogens (tertiary/aromatic N) is 1. The summed E-state index contributed by atoms with van der Waals surface area (Å²) >= 11 is 0. The van der Waals surface area contributed by atoms with E-state index in [-0.39, 0.29) is 0 Å². The number of hydrogen-bond acceptors (Lipinski definition) is 4. The van der Waals surface area contributed by atoms with Crippen molar-refractivity contribution in [1.82, 2.24) is 4.90 Å². The van der Waals surface area contributed by atoms with E-state index in [0.717, 1.165) is 18.5 Å². The second-order valence-corrected chi connectivity index (χ2v) is 5.72. The summed E-state index contributed by atoms with van der Waals surface area (Å²) in [4.78, 5) is 13.4. The average Bonchev–Trinajstić information content (AvgIpc) is 2.58. The fourth-order valence-corrected chi connectivity index (χ4v) is 2.80. The number of piperidine rings is 1. The van der Waals surface area contributed by atoms with Crippen LogP contribution in [-0.2, 0) is 4.79 Å². The number of rotatable bonds is 8. The molecule has 5 nitrogen and oxygen atoms in total. The number of carbonyl (C=O) groups is 1. The van der Waals surface area contributed by atoms with E-state index in [1.807, 2.05) is 18.2 Å². The van der Waals surface area contributed by atoms with E-state index in [0.29, 0.717) is 18.1 Å². The largest absolute Gasteiger partial charge is 0.493 e. The van der Waals surface area contributed by atoms with Crippen molar-refractivity contribution in [2.45, 2.75) is 25.7 Å². The molecule has 1 fully saturated rings. The molecule has 1 aliphatic rings. The van der Waals surface area contributed by atoms with Gasteiger partial charge in [-0.15, -0.1) is 0 Å². The summed E-state index contributed by atoms with van der Waals surface area (Å²) in [6.45, 7) is 4.07. The summed E-state index contributed by atoms with van der Waals surface area (Å²) in [6.07, 6.45) is 7.91. The van der Waals surface area contributed by atoms with Gasteiger partial charge < -0.3 is 20.1 Å². The number of amides is 1. The minimum absolute atomic E-state index is 0.483. The summed E-state index contributed by atoms with van der Waals surface area (Å²) < 4.78 is 11.3. The number of para-hydroxylation sites is 1. The van der Waals surface area contributed by atoms with Crippen LogP contribution >= 0.6 is 0 Å². The molecule has 5 heteroatoms. The highest BCUT2D eigenvalue weighted by Crippen LogP contribution is 2.32. The number of benzene rings is 1. The molecular formula is C18H26N2O3. The van der Waals surface area contributed by atoms with Gasteiger partial charge in [-0.05, 0) is 44.5 Å². The average molecular weight is 318 g/mol. The van der Waals surface area contributed by atoms with Gasteiger partial charge in [-0.3, -0.25) is 4.79 Å². The maximum atomic E-state index is 10.9. The Morgan fingerprint density at radius 1 is 1.30 bits per heavy atom. The van der Waals surface area contributed by atoms with Gasteiger partial charge in [-0.2, -0.15) is 0 Å². The van der Waals surface area contributed by atoms with Crippen LogP contribution in [0.25, 0.3) is 6.08 Å². The Morgan fingerprint density at radius 2 is 2.09 bits per heavy atom. The highest BCUT2D eigenvalue weighted by molar-refractivity contribution is 5.90. The lowest BCUT2D eigenvalue weighted by Gasteiger charge is -2.26. The molecule has 1 aromatic rings. The third-order valence-corrected chi connectivity index (χ3v) is 3.97. The van der Waals surface area contributed by atoms with Gasteiger partial charge in [0.25, 0.3) is 0 Å². The lowest BCUT2D eigenvalue weighted by Crippen LogP contribution is -2.31. The van der Waals surface area contributed by atoms with Crippen molar-refractivity contribution in [2.24, 2.45) is 5.73 Å². The molecular weight excluding hydrogens is 292 g/mol. The second kappa shape index (κ2) is 9.20. The molecule has 0 unspecified atom stereocenters. The summed E-state index contributed by atoms with van der Waals surface area (Å²) in [7, 11) is 1.61. The lowest BCUT2D eigenvalue weighted by molar-refractivity contribution is -0.113. The minimum Gasteiger partial charge on any atom is -0.493 e. The van der Waals surface area contributed by atoms with E-state index >= 15 is 0 Å². The van der Waals surface area contributed by atoms with Crippen molar-refractivity contribution in [1.29, 1.82) is 0 Å². The third kappa shape index (κ3) is 5.60. The predicted molar refractivity (Wildman–Crippen MR) is 91.6 cm³/mol. The van der Waals surface area contributed by atoms with Gasteiger partial charge in [0.05, 0.1) is 13.7 Å². The number of nitrogens with two attached hydrogens (primary N) is 1. The van der Waals surface area contributed by atoms with Gasteiger partial charge >= 0.3 is 0 Å². The van der Waals surface area contributed by atoms with E-state index in [1.165, 1.54) is 38.4 Å². The quantitative estimate of drug-likeness (QED) is 0.591. The third-order valence-electron chi connectivity index (χ3n) is 3.97. The van der Waals surface area contributed by atoms with E-state index in [1.54, 1.807) is 13.2 Å². The Hall–Kier alpha value is -2.01. The fraction of sp³-hybridized carbons (Fsp3) is 0.500. The molecule has 1 aromatic carbocycles. The van der Waals surface area contributed by atoms with E-state index in [9.17, 15) is 4.79 Å². The summed E-state index contributed by atoms with van der Waals surface area (Å²) in [6, 6.07) is 5.59. The SMILES string of the molecule is COc1cccc(/C=C\C(N)=O)c1OCCCN1CCCCC1. The van der Waals surface area contributed by atoms with Crippen LogP contribution in [0.2, 0.25) is 0 Å². The number of hydrogen-bond donors (Lipinski definition) is 1. The molecule has 2 rings (SSSR count). The molecule has 0 spiro atoms. The molecule has 23 heavy (non-hydrogen) atoms. The molecule has 0 saturated carbocycles. The van der Waals surface area contributed by atoms with Crippen LogP contribution in [0.15, 0.2) is 24.3 Å².